The summed E-state index contributed by atoms with van der Waals surface area (Å²) in [6, 6.07) is 7.05. The number of thiol groups is 1. The zero-order valence-electron chi connectivity index (χ0n) is 10.9. The third-order valence-electron chi connectivity index (χ3n) is 2.76. The molecule has 1 rings (SSSR count). The van der Waals surface area contributed by atoms with Crippen LogP contribution in [0.2, 0.25) is 0 Å². The lowest BCUT2D eigenvalue weighted by molar-refractivity contribution is 0.0600. The molecule has 4 heteroatoms. The second-order valence-electron chi connectivity index (χ2n) is 4.27. The van der Waals surface area contributed by atoms with Crippen molar-refractivity contribution in [2.24, 2.45) is 5.92 Å². The lowest BCUT2D eigenvalue weighted by atomic mass is 10.1. The first-order valence-corrected chi connectivity index (χ1v) is 6.72. The molecule has 0 aromatic heterocycles. The summed E-state index contributed by atoms with van der Waals surface area (Å²) in [5.74, 6) is 1.87. The van der Waals surface area contributed by atoms with Crippen LogP contribution in [-0.2, 0) is 4.74 Å². The van der Waals surface area contributed by atoms with Crippen molar-refractivity contribution in [2.45, 2.75) is 19.8 Å². The van der Waals surface area contributed by atoms with E-state index >= 15 is 0 Å². The van der Waals surface area contributed by atoms with Crippen LogP contribution in [0.1, 0.15) is 30.1 Å². The highest BCUT2D eigenvalue weighted by molar-refractivity contribution is 7.80. The molecule has 0 fully saturated rings. The van der Waals surface area contributed by atoms with Crippen LogP contribution < -0.4 is 4.74 Å². The molecule has 1 aromatic rings. The minimum absolute atomic E-state index is 0.344. The number of hydrogen-bond donors (Lipinski definition) is 1. The summed E-state index contributed by atoms with van der Waals surface area (Å²) in [7, 11) is 1.37. The fourth-order valence-corrected chi connectivity index (χ4v) is 2.01. The molecule has 1 atom stereocenters. The van der Waals surface area contributed by atoms with Gasteiger partial charge >= 0.3 is 5.97 Å². The number of carbonyl (C=O) groups excluding carboxylic acids is 1. The average Bonchev–Trinajstić information content (AvgIpc) is 2.38. The van der Waals surface area contributed by atoms with Crippen LogP contribution in [0, 0.1) is 5.92 Å². The molecule has 0 aliphatic heterocycles. The number of carbonyl (C=O) groups is 1. The normalized spacial score (nSPS) is 11.9. The maximum atomic E-state index is 11.3. The summed E-state index contributed by atoms with van der Waals surface area (Å²) in [4.78, 5) is 11.3. The van der Waals surface area contributed by atoms with Crippen LogP contribution in [0.25, 0.3) is 0 Å². The molecule has 0 spiro atoms. The zero-order valence-corrected chi connectivity index (χ0v) is 11.8. The van der Waals surface area contributed by atoms with Gasteiger partial charge in [0.05, 0.1) is 19.3 Å². The predicted molar refractivity (Wildman–Crippen MR) is 75.5 cm³/mol. The van der Waals surface area contributed by atoms with Crippen molar-refractivity contribution in [3.8, 4) is 5.75 Å². The highest BCUT2D eigenvalue weighted by Crippen LogP contribution is 2.16. The van der Waals surface area contributed by atoms with Gasteiger partial charge in [0.2, 0.25) is 0 Å². The molecule has 0 amide bonds. The minimum Gasteiger partial charge on any atom is -0.494 e. The van der Waals surface area contributed by atoms with Crippen molar-refractivity contribution in [2.75, 3.05) is 19.5 Å². The molecule has 0 aliphatic carbocycles. The van der Waals surface area contributed by atoms with Gasteiger partial charge in [0.15, 0.2) is 0 Å². The van der Waals surface area contributed by atoms with Crippen LogP contribution in [0.5, 0.6) is 5.75 Å². The quantitative estimate of drug-likeness (QED) is 0.609. The van der Waals surface area contributed by atoms with Crippen LogP contribution in [0.3, 0.4) is 0 Å². The molecule has 1 unspecified atom stereocenters. The van der Waals surface area contributed by atoms with Gasteiger partial charge in [-0.2, -0.15) is 12.6 Å². The van der Waals surface area contributed by atoms with Gasteiger partial charge in [-0.3, -0.25) is 0 Å². The van der Waals surface area contributed by atoms with Gasteiger partial charge < -0.3 is 9.47 Å². The minimum atomic E-state index is -0.344. The second-order valence-corrected chi connectivity index (χ2v) is 4.72. The summed E-state index contributed by atoms with van der Waals surface area (Å²) in [6.07, 6.45) is 2.08. The van der Waals surface area contributed by atoms with Gasteiger partial charge in [0.1, 0.15) is 5.75 Å². The number of benzene rings is 1. The van der Waals surface area contributed by atoms with Crippen molar-refractivity contribution in [1.82, 2.24) is 0 Å². The third-order valence-corrected chi connectivity index (χ3v) is 3.01. The summed E-state index contributed by atoms with van der Waals surface area (Å²) in [5, 5.41) is 0. The molecule has 0 saturated carbocycles. The predicted octanol–water partition coefficient (Wildman–Crippen LogP) is 3.20. The Hall–Kier alpha value is -1.16. The Bertz CT molecular complexity index is 379. The van der Waals surface area contributed by atoms with Crippen molar-refractivity contribution in [3.05, 3.63) is 29.8 Å². The van der Waals surface area contributed by atoms with Gasteiger partial charge in [-0.05, 0) is 42.7 Å². The molecule has 18 heavy (non-hydrogen) atoms. The van der Waals surface area contributed by atoms with Gasteiger partial charge in [-0.25, -0.2) is 4.79 Å². The molecule has 0 aliphatic rings. The fourth-order valence-electron chi connectivity index (χ4n) is 1.57. The summed E-state index contributed by atoms with van der Waals surface area (Å²) < 4.78 is 10.3. The van der Waals surface area contributed by atoms with E-state index in [9.17, 15) is 4.79 Å². The fraction of sp³-hybridized carbons (Fsp3) is 0.500. The van der Waals surface area contributed by atoms with Gasteiger partial charge in [0, 0.05) is 0 Å². The van der Waals surface area contributed by atoms with E-state index in [1.54, 1.807) is 18.2 Å². The van der Waals surface area contributed by atoms with Gasteiger partial charge in [0.25, 0.3) is 0 Å². The molecule has 100 valence electrons. The van der Waals surface area contributed by atoms with E-state index in [4.69, 9.17) is 4.74 Å². The maximum Gasteiger partial charge on any atom is 0.337 e. The van der Waals surface area contributed by atoms with E-state index in [2.05, 4.69) is 24.3 Å². The number of ether oxygens (including phenoxy) is 2. The molecule has 0 heterocycles. The first kappa shape index (κ1) is 14.9. The lowest BCUT2D eigenvalue weighted by Gasteiger charge is -2.11. The van der Waals surface area contributed by atoms with E-state index in [1.165, 1.54) is 7.11 Å². The molecular formula is C14H20O3S. The highest BCUT2D eigenvalue weighted by Gasteiger charge is 2.06. The Morgan fingerprint density at radius 1 is 1.39 bits per heavy atom. The Kier molecular flexibility index (Phi) is 6.65. The monoisotopic (exact) mass is 268 g/mol. The first-order valence-electron chi connectivity index (χ1n) is 6.09. The number of rotatable bonds is 7. The largest absolute Gasteiger partial charge is 0.494 e. The number of hydrogen-bond acceptors (Lipinski definition) is 4. The van der Waals surface area contributed by atoms with Crippen LogP contribution in [-0.4, -0.2) is 25.4 Å². The van der Waals surface area contributed by atoms with E-state index in [1.807, 2.05) is 6.07 Å². The summed E-state index contributed by atoms with van der Waals surface area (Å²) in [6.45, 7) is 2.84. The molecule has 1 aromatic carbocycles. The topological polar surface area (TPSA) is 35.5 Å². The first-order chi connectivity index (χ1) is 8.67. The molecule has 0 N–H and O–H groups in total. The van der Waals surface area contributed by atoms with E-state index in [0.717, 1.165) is 18.6 Å². The van der Waals surface area contributed by atoms with Gasteiger partial charge in [-0.15, -0.1) is 0 Å². The number of methoxy groups -OCH3 is 1. The third kappa shape index (κ3) is 5.00. The van der Waals surface area contributed by atoms with E-state index < -0.39 is 0 Å². The molecule has 0 saturated heterocycles. The molecule has 0 radical (unpaired) electrons. The molecule has 3 nitrogen and oxygen atoms in total. The molecular weight excluding hydrogens is 248 g/mol. The summed E-state index contributed by atoms with van der Waals surface area (Å²) >= 11 is 4.21. The number of esters is 1. The molecule has 0 bridgehead atoms. The van der Waals surface area contributed by atoms with Crippen LogP contribution >= 0.6 is 12.6 Å². The standard InChI is InChI=1S/C14H20O3S/c1-11(7-9-18)6-8-17-13-5-3-4-12(10-13)14(15)16-2/h3-5,10-11,18H,6-9H2,1-2H3. The van der Waals surface area contributed by atoms with Gasteiger partial charge in [-0.1, -0.05) is 13.0 Å². The maximum absolute atomic E-state index is 11.3. The Morgan fingerprint density at radius 2 is 2.17 bits per heavy atom. The summed E-state index contributed by atoms with van der Waals surface area (Å²) in [5.41, 5.74) is 0.512. The van der Waals surface area contributed by atoms with Crippen molar-refractivity contribution >= 4 is 18.6 Å². The highest BCUT2D eigenvalue weighted by atomic mass is 32.1. The Balaban J connectivity index is 2.45. The van der Waals surface area contributed by atoms with E-state index in [0.29, 0.717) is 23.8 Å². The Labute approximate surface area is 114 Å². The smallest absolute Gasteiger partial charge is 0.337 e. The van der Waals surface area contributed by atoms with Crippen molar-refractivity contribution in [3.63, 3.8) is 0 Å². The van der Waals surface area contributed by atoms with E-state index in [-0.39, 0.29) is 5.97 Å². The Morgan fingerprint density at radius 3 is 2.83 bits per heavy atom. The van der Waals surface area contributed by atoms with Crippen molar-refractivity contribution in [1.29, 1.82) is 0 Å². The van der Waals surface area contributed by atoms with Crippen molar-refractivity contribution < 1.29 is 14.3 Å². The van der Waals surface area contributed by atoms with Crippen LogP contribution in [0.4, 0.5) is 0 Å². The zero-order chi connectivity index (χ0) is 13.4. The second kappa shape index (κ2) is 8.03. The van der Waals surface area contributed by atoms with Crippen LogP contribution in [0.15, 0.2) is 24.3 Å². The average molecular weight is 268 g/mol. The lowest BCUT2D eigenvalue weighted by Crippen LogP contribution is -2.06. The SMILES string of the molecule is COC(=O)c1cccc(OCCC(C)CCS)c1.